The van der Waals surface area contributed by atoms with Crippen LogP contribution in [-0.2, 0) is 0 Å². The second-order valence-corrected chi connectivity index (χ2v) is 4.02. The van der Waals surface area contributed by atoms with Gasteiger partial charge >= 0.3 is 0 Å². The van der Waals surface area contributed by atoms with Gasteiger partial charge in [0.05, 0.1) is 18.2 Å². The van der Waals surface area contributed by atoms with Crippen LogP contribution in [0.2, 0.25) is 0 Å². The molecule has 0 unspecified atom stereocenters. The van der Waals surface area contributed by atoms with Crippen LogP contribution in [0.25, 0.3) is 0 Å². The number of benzene rings is 1. The summed E-state index contributed by atoms with van der Waals surface area (Å²) in [6, 6.07) is 1.62. The fraction of sp³-hybridized carbons (Fsp3) is 0.364. The van der Waals surface area contributed by atoms with Gasteiger partial charge in [0.2, 0.25) is 0 Å². The van der Waals surface area contributed by atoms with Crippen molar-refractivity contribution in [3.63, 3.8) is 0 Å². The average Bonchev–Trinajstić information content (AvgIpc) is 2.18. The molecule has 1 aromatic rings. The van der Waals surface area contributed by atoms with E-state index in [4.69, 9.17) is 5.73 Å². The smallest absolute Gasteiger partial charge is 0.185 e. The second-order valence-electron chi connectivity index (χ2n) is 4.02. The highest BCUT2D eigenvalue weighted by Crippen LogP contribution is 2.23. The Labute approximate surface area is 92.2 Å². The largest absolute Gasteiger partial charge is 0.494 e. The number of ketones is 1. The van der Waals surface area contributed by atoms with Crippen LogP contribution in [0.15, 0.2) is 12.1 Å². The first-order valence-corrected chi connectivity index (χ1v) is 4.64. The molecule has 5 heteroatoms. The molecular weight excluding hydrogens is 216 g/mol. The van der Waals surface area contributed by atoms with Gasteiger partial charge in [-0.15, -0.1) is 0 Å². The lowest BCUT2D eigenvalue weighted by Crippen LogP contribution is -2.41. The first kappa shape index (κ1) is 12.6. The zero-order chi connectivity index (χ0) is 12.5. The Hall–Kier alpha value is -1.49. The Morgan fingerprint density at radius 1 is 1.31 bits per heavy atom. The minimum Gasteiger partial charge on any atom is -0.494 e. The van der Waals surface area contributed by atoms with Crippen molar-refractivity contribution in [3.05, 3.63) is 29.3 Å². The first-order valence-electron chi connectivity index (χ1n) is 4.64. The lowest BCUT2D eigenvalue weighted by molar-refractivity contribution is 0.0908. The molecule has 0 saturated heterocycles. The van der Waals surface area contributed by atoms with E-state index in [1.54, 1.807) is 0 Å². The zero-order valence-electron chi connectivity index (χ0n) is 9.30. The van der Waals surface area contributed by atoms with Crippen LogP contribution < -0.4 is 10.5 Å². The molecule has 0 aliphatic carbocycles. The van der Waals surface area contributed by atoms with Gasteiger partial charge in [0.25, 0.3) is 0 Å². The number of nitrogens with two attached hydrogens (primary N) is 1. The number of methoxy groups -OCH3 is 1. The second kappa shape index (κ2) is 4.17. The van der Waals surface area contributed by atoms with Crippen molar-refractivity contribution < 1.29 is 18.3 Å². The van der Waals surface area contributed by atoms with Gasteiger partial charge in [-0.1, -0.05) is 0 Å². The van der Waals surface area contributed by atoms with Gasteiger partial charge in [0, 0.05) is 6.07 Å². The Morgan fingerprint density at radius 2 is 1.88 bits per heavy atom. The highest BCUT2D eigenvalue weighted by atomic mass is 19.1. The number of rotatable bonds is 3. The molecule has 0 saturated carbocycles. The Bertz CT molecular complexity index is 425. The number of hydrogen-bond acceptors (Lipinski definition) is 3. The van der Waals surface area contributed by atoms with E-state index in [0.717, 1.165) is 12.1 Å². The van der Waals surface area contributed by atoms with E-state index < -0.39 is 23.0 Å². The molecular formula is C11H13F2NO2. The standard InChI is InChI=1S/C11H13F2NO2/c1-11(2,14)10(15)6-4-8(13)9(16-3)5-7(6)12/h4-5H,14H2,1-3H3. The SMILES string of the molecule is COc1cc(F)c(C(=O)C(C)(C)N)cc1F. The molecule has 2 N–H and O–H groups in total. The molecule has 0 aromatic heterocycles. The molecule has 0 atom stereocenters. The molecule has 0 aliphatic rings. The highest BCUT2D eigenvalue weighted by molar-refractivity contribution is 6.02. The molecule has 0 fully saturated rings. The number of Topliss-reactive ketones (excluding diaryl/α,β-unsaturated/α-hetero) is 1. The minimum absolute atomic E-state index is 0.246. The van der Waals surface area contributed by atoms with Crippen LogP contribution >= 0.6 is 0 Å². The van der Waals surface area contributed by atoms with Crippen molar-refractivity contribution in [3.8, 4) is 5.75 Å². The molecule has 16 heavy (non-hydrogen) atoms. The Morgan fingerprint density at radius 3 is 2.31 bits per heavy atom. The summed E-state index contributed by atoms with van der Waals surface area (Å²) in [6.07, 6.45) is 0. The van der Waals surface area contributed by atoms with Crippen molar-refractivity contribution in [2.45, 2.75) is 19.4 Å². The maximum atomic E-state index is 13.5. The van der Waals surface area contributed by atoms with Crippen LogP contribution in [-0.4, -0.2) is 18.4 Å². The van der Waals surface area contributed by atoms with Gasteiger partial charge in [0.1, 0.15) is 5.82 Å². The van der Waals surface area contributed by atoms with E-state index in [2.05, 4.69) is 4.74 Å². The molecule has 0 heterocycles. The van der Waals surface area contributed by atoms with Crippen molar-refractivity contribution >= 4 is 5.78 Å². The zero-order valence-corrected chi connectivity index (χ0v) is 9.30. The van der Waals surface area contributed by atoms with Crippen LogP contribution in [0.5, 0.6) is 5.75 Å². The lowest BCUT2D eigenvalue weighted by Gasteiger charge is -2.17. The van der Waals surface area contributed by atoms with E-state index >= 15 is 0 Å². The van der Waals surface area contributed by atoms with Crippen LogP contribution in [0.1, 0.15) is 24.2 Å². The Kier molecular flexibility index (Phi) is 3.28. The van der Waals surface area contributed by atoms with Gasteiger partial charge in [-0.25, -0.2) is 8.78 Å². The average molecular weight is 229 g/mol. The number of hydrogen-bond donors (Lipinski definition) is 1. The van der Waals surface area contributed by atoms with Crippen LogP contribution in [0, 0.1) is 11.6 Å². The predicted molar refractivity (Wildman–Crippen MR) is 55.5 cm³/mol. The summed E-state index contributed by atoms with van der Waals surface area (Å²) in [5.41, 5.74) is 3.91. The molecule has 0 spiro atoms. The highest BCUT2D eigenvalue weighted by Gasteiger charge is 2.27. The molecule has 0 aliphatic heterocycles. The van der Waals surface area contributed by atoms with E-state index in [1.807, 2.05) is 0 Å². The van der Waals surface area contributed by atoms with Gasteiger partial charge in [0.15, 0.2) is 17.3 Å². The fourth-order valence-electron chi connectivity index (χ4n) is 1.21. The molecule has 1 rings (SSSR count). The molecule has 0 amide bonds. The fourth-order valence-corrected chi connectivity index (χ4v) is 1.21. The molecule has 0 radical (unpaired) electrons. The molecule has 88 valence electrons. The van der Waals surface area contributed by atoms with Crippen molar-refractivity contribution in [1.82, 2.24) is 0 Å². The summed E-state index contributed by atoms with van der Waals surface area (Å²) < 4.78 is 31.4. The van der Waals surface area contributed by atoms with Crippen LogP contribution in [0.3, 0.4) is 0 Å². The number of halogens is 2. The first-order chi connectivity index (χ1) is 7.27. The maximum Gasteiger partial charge on any atom is 0.185 e. The van der Waals surface area contributed by atoms with E-state index in [-0.39, 0.29) is 11.3 Å². The van der Waals surface area contributed by atoms with Gasteiger partial charge in [-0.2, -0.15) is 0 Å². The molecule has 1 aromatic carbocycles. The summed E-state index contributed by atoms with van der Waals surface area (Å²) in [6.45, 7) is 2.85. The van der Waals surface area contributed by atoms with E-state index in [9.17, 15) is 13.6 Å². The maximum absolute atomic E-state index is 13.5. The third-order valence-electron chi connectivity index (χ3n) is 2.07. The summed E-state index contributed by atoms with van der Waals surface area (Å²) in [5, 5.41) is 0. The third kappa shape index (κ3) is 2.36. The number of ether oxygens (including phenoxy) is 1. The predicted octanol–water partition coefficient (Wildman–Crippen LogP) is 1.89. The lowest BCUT2D eigenvalue weighted by atomic mass is 9.94. The third-order valence-corrected chi connectivity index (χ3v) is 2.07. The number of carbonyl (C=O) groups is 1. The normalized spacial score (nSPS) is 11.4. The minimum atomic E-state index is -1.25. The summed E-state index contributed by atoms with van der Waals surface area (Å²) in [4.78, 5) is 11.7. The van der Waals surface area contributed by atoms with Crippen molar-refractivity contribution in [1.29, 1.82) is 0 Å². The van der Waals surface area contributed by atoms with Crippen molar-refractivity contribution in [2.75, 3.05) is 7.11 Å². The summed E-state index contributed by atoms with van der Waals surface area (Å²) >= 11 is 0. The molecule has 0 bridgehead atoms. The van der Waals surface area contributed by atoms with Crippen LogP contribution in [0.4, 0.5) is 8.78 Å². The molecule has 3 nitrogen and oxygen atoms in total. The van der Waals surface area contributed by atoms with Crippen molar-refractivity contribution in [2.24, 2.45) is 5.73 Å². The summed E-state index contributed by atoms with van der Waals surface area (Å²) in [7, 11) is 1.21. The topological polar surface area (TPSA) is 52.3 Å². The van der Waals surface area contributed by atoms with Gasteiger partial charge in [-0.3, -0.25) is 4.79 Å². The van der Waals surface area contributed by atoms with Gasteiger partial charge in [-0.05, 0) is 19.9 Å². The quantitative estimate of drug-likeness (QED) is 0.805. The monoisotopic (exact) mass is 229 g/mol. The van der Waals surface area contributed by atoms with Gasteiger partial charge < -0.3 is 10.5 Å². The van der Waals surface area contributed by atoms with E-state index in [0.29, 0.717) is 0 Å². The van der Waals surface area contributed by atoms with E-state index in [1.165, 1.54) is 21.0 Å². The Balaban J connectivity index is 3.27. The number of carbonyl (C=O) groups excluding carboxylic acids is 1. The summed E-state index contributed by atoms with van der Waals surface area (Å²) in [5.74, 6) is -2.55.